The number of halogens is 1. The molecule has 1 N–H and O–H groups in total. The van der Waals surface area contributed by atoms with Crippen molar-refractivity contribution in [2.24, 2.45) is 0 Å². The average molecular weight is 188 g/mol. The molecule has 2 nitrogen and oxygen atoms in total. The second-order valence-electron chi connectivity index (χ2n) is 5.18. The Labute approximate surface area is 80.5 Å². The molecule has 1 saturated heterocycles. The standard InChI is InChI=1S/C10H21FN2/c1-9(2,3)13-6-5-12-7-10(4,11)8-13/h12H,5-8H2,1-4H3. The summed E-state index contributed by atoms with van der Waals surface area (Å²) in [4.78, 5) is 2.20. The molecule has 78 valence electrons. The van der Waals surface area contributed by atoms with Gasteiger partial charge in [-0.1, -0.05) is 0 Å². The van der Waals surface area contributed by atoms with Crippen molar-refractivity contribution in [2.75, 3.05) is 26.2 Å². The highest BCUT2D eigenvalue weighted by Crippen LogP contribution is 2.20. The van der Waals surface area contributed by atoms with Gasteiger partial charge in [-0.3, -0.25) is 4.90 Å². The second-order valence-corrected chi connectivity index (χ2v) is 5.18. The van der Waals surface area contributed by atoms with Gasteiger partial charge in [-0.25, -0.2) is 4.39 Å². The molecule has 1 aliphatic rings. The summed E-state index contributed by atoms with van der Waals surface area (Å²) < 4.78 is 13.8. The van der Waals surface area contributed by atoms with Gasteiger partial charge in [0.25, 0.3) is 0 Å². The molecule has 1 fully saturated rings. The van der Waals surface area contributed by atoms with Crippen molar-refractivity contribution in [3.63, 3.8) is 0 Å². The fourth-order valence-corrected chi connectivity index (χ4v) is 1.67. The molecule has 0 saturated carbocycles. The van der Waals surface area contributed by atoms with Crippen LogP contribution in [-0.2, 0) is 0 Å². The number of nitrogens with zero attached hydrogens (tertiary/aromatic N) is 1. The first-order valence-corrected chi connectivity index (χ1v) is 4.96. The van der Waals surface area contributed by atoms with Gasteiger partial charge in [0.05, 0.1) is 0 Å². The summed E-state index contributed by atoms with van der Waals surface area (Å²) in [6.07, 6.45) is 0. The Balaban J connectivity index is 2.65. The molecule has 0 amide bonds. The zero-order valence-corrected chi connectivity index (χ0v) is 9.15. The number of hydrogen-bond donors (Lipinski definition) is 1. The molecule has 0 aromatic heterocycles. The zero-order chi connectivity index (χ0) is 10.1. The van der Waals surface area contributed by atoms with E-state index in [9.17, 15) is 4.39 Å². The van der Waals surface area contributed by atoms with Crippen LogP contribution in [0.15, 0.2) is 0 Å². The maximum atomic E-state index is 13.8. The minimum atomic E-state index is -1.09. The Bertz CT molecular complexity index is 172. The van der Waals surface area contributed by atoms with E-state index in [4.69, 9.17) is 0 Å². The summed E-state index contributed by atoms with van der Waals surface area (Å²) in [5.74, 6) is 0. The summed E-state index contributed by atoms with van der Waals surface area (Å²) in [6, 6.07) is 0. The molecule has 1 atom stereocenters. The highest BCUT2D eigenvalue weighted by molar-refractivity contribution is 4.89. The van der Waals surface area contributed by atoms with Crippen LogP contribution in [0.25, 0.3) is 0 Å². The van der Waals surface area contributed by atoms with Crippen molar-refractivity contribution in [2.45, 2.75) is 38.9 Å². The molecule has 13 heavy (non-hydrogen) atoms. The van der Waals surface area contributed by atoms with Crippen LogP contribution in [0.4, 0.5) is 4.39 Å². The van der Waals surface area contributed by atoms with Gasteiger partial charge in [-0.05, 0) is 27.7 Å². The van der Waals surface area contributed by atoms with Gasteiger partial charge in [0.2, 0.25) is 0 Å². The van der Waals surface area contributed by atoms with Crippen LogP contribution in [0.3, 0.4) is 0 Å². The normalized spacial score (nSPS) is 33.0. The van der Waals surface area contributed by atoms with Crippen molar-refractivity contribution in [3.05, 3.63) is 0 Å². The van der Waals surface area contributed by atoms with Gasteiger partial charge in [0.1, 0.15) is 5.67 Å². The first-order valence-electron chi connectivity index (χ1n) is 4.96. The Morgan fingerprint density at radius 3 is 2.54 bits per heavy atom. The quantitative estimate of drug-likeness (QED) is 0.618. The lowest BCUT2D eigenvalue weighted by molar-refractivity contribution is 0.0706. The van der Waals surface area contributed by atoms with Crippen LogP contribution < -0.4 is 5.32 Å². The van der Waals surface area contributed by atoms with Crippen LogP contribution in [0.1, 0.15) is 27.7 Å². The fraction of sp³-hybridized carbons (Fsp3) is 1.00. The molecule has 1 rings (SSSR count). The van der Waals surface area contributed by atoms with E-state index >= 15 is 0 Å². The largest absolute Gasteiger partial charge is 0.312 e. The van der Waals surface area contributed by atoms with Crippen molar-refractivity contribution < 1.29 is 4.39 Å². The topological polar surface area (TPSA) is 15.3 Å². The van der Waals surface area contributed by atoms with E-state index < -0.39 is 5.67 Å². The van der Waals surface area contributed by atoms with Gasteiger partial charge >= 0.3 is 0 Å². The van der Waals surface area contributed by atoms with Crippen LogP contribution in [0.5, 0.6) is 0 Å². The molecule has 0 aliphatic carbocycles. The number of rotatable bonds is 0. The van der Waals surface area contributed by atoms with E-state index in [1.807, 2.05) is 0 Å². The van der Waals surface area contributed by atoms with E-state index in [2.05, 4.69) is 31.0 Å². The summed E-state index contributed by atoms with van der Waals surface area (Å²) in [5.41, 5.74) is -1.02. The number of alkyl halides is 1. The van der Waals surface area contributed by atoms with E-state index in [0.29, 0.717) is 13.1 Å². The molecule has 0 spiro atoms. The maximum absolute atomic E-state index is 13.8. The first-order chi connectivity index (χ1) is 5.81. The summed E-state index contributed by atoms with van der Waals surface area (Å²) >= 11 is 0. The first kappa shape index (κ1) is 10.9. The Morgan fingerprint density at radius 1 is 1.38 bits per heavy atom. The Morgan fingerprint density at radius 2 is 2.00 bits per heavy atom. The minimum absolute atomic E-state index is 0.0688. The van der Waals surface area contributed by atoms with Crippen molar-refractivity contribution >= 4 is 0 Å². The third-order valence-corrected chi connectivity index (χ3v) is 2.52. The van der Waals surface area contributed by atoms with Gasteiger partial charge in [-0.15, -0.1) is 0 Å². The molecule has 3 heteroatoms. The van der Waals surface area contributed by atoms with Crippen LogP contribution >= 0.6 is 0 Å². The van der Waals surface area contributed by atoms with E-state index in [1.54, 1.807) is 6.92 Å². The van der Waals surface area contributed by atoms with Gasteiger partial charge in [-0.2, -0.15) is 0 Å². The van der Waals surface area contributed by atoms with E-state index in [-0.39, 0.29) is 5.54 Å². The lowest BCUT2D eigenvalue weighted by Gasteiger charge is -2.37. The highest BCUT2D eigenvalue weighted by Gasteiger charge is 2.33. The monoisotopic (exact) mass is 188 g/mol. The third-order valence-electron chi connectivity index (χ3n) is 2.52. The highest BCUT2D eigenvalue weighted by atomic mass is 19.1. The van der Waals surface area contributed by atoms with Crippen LogP contribution in [0.2, 0.25) is 0 Å². The summed E-state index contributed by atoms with van der Waals surface area (Å²) in [5, 5.41) is 3.12. The maximum Gasteiger partial charge on any atom is 0.133 e. The molecule has 0 radical (unpaired) electrons. The SMILES string of the molecule is CC1(F)CNCCN(C(C)(C)C)C1. The molecule has 1 heterocycles. The van der Waals surface area contributed by atoms with E-state index in [0.717, 1.165) is 13.1 Å². The molecule has 0 aromatic rings. The van der Waals surface area contributed by atoms with Gasteiger partial charge < -0.3 is 5.32 Å². The van der Waals surface area contributed by atoms with Gasteiger partial charge in [0.15, 0.2) is 0 Å². The zero-order valence-electron chi connectivity index (χ0n) is 9.15. The van der Waals surface area contributed by atoms with Gasteiger partial charge in [0, 0.05) is 31.7 Å². The van der Waals surface area contributed by atoms with Crippen molar-refractivity contribution in [1.29, 1.82) is 0 Å². The molecule has 1 unspecified atom stereocenters. The molecule has 0 bridgehead atoms. The molecular formula is C10H21FN2. The molecule has 0 aromatic carbocycles. The average Bonchev–Trinajstić information content (AvgIpc) is 2.08. The van der Waals surface area contributed by atoms with Crippen LogP contribution in [0, 0.1) is 0 Å². The van der Waals surface area contributed by atoms with Crippen molar-refractivity contribution in [3.8, 4) is 0 Å². The lowest BCUT2D eigenvalue weighted by Crippen LogP contribution is -2.48. The lowest BCUT2D eigenvalue weighted by atomic mass is 10.0. The molecule has 1 aliphatic heterocycles. The summed E-state index contributed by atoms with van der Waals surface area (Å²) in [6.45, 7) is 10.9. The number of hydrogen-bond acceptors (Lipinski definition) is 2. The molecular weight excluding hydrogens is 167 g/mol. The summed E-state index contributed by atoms with van der Waals surface area (Å²) in [7, 11) is 0. The second kappa shape index (κ2) is 3.54. The van der Waals surface area contributed by atoms with E-state index in [1.165, 1.54) is 0 Å². The fourth-order valence-electron chi connectivity index (χ4n) is 1.67. The van der Waals surface area contributed by atoms with Crippen LogP contribution in [-0.4, -0.2) is 42.3 Å². The minimum Gasteiger partial charge on any atom is -0.312 e. The predicted molar refractivity (Wildman–Crippen MR) is 53.7 cm³/mol. The number of nitrogens with one attached hydrogen (secondary N) is 1. The smallest absolute Gasteiger partial charge is 0.133 e. The van der Waals surface area contributed by atoms with Crippen molar-refractivity contribution in [1.82, 2.24) is 10.2 Å². The Hall–Kier alpha value is -0.150. The Kier molecular flexibility index (Phi) is 2.98. The third kappa shape index (κ3) is 3.24. The predicted octanol–water partition coefficient (Wildman–Crippen LogP) is 1.42.